The Kier molecular flexibility index (Phi) is 5.22. The lowest BCUT2D eigenvalue weighted by atomic mass is 9.88. The van der Waals surface area contributed by atoms with Crippen molar-refractivity contribution in [3.05, 3.63) is 0 Å². The summed E-state index contributed by atoms with van der Waals surface area (Å²) >= 11 is 0. The predicted octanol–water partition coefficient (Wildman–Crippen LogP) is 0.798. The molecule has 112 valence electrons. The largest absolute Gasteiger partial charge is 0.316 e. The Morgan fingerprint density at radius 2 is 2.11 bits per heavy atom. The molecule has 2 rings (SSSR count). The fraction of sp³-hybridized carbons (Fsp3) is 1.00. The Morgan fingerprint density at radius 3 is 2.79 bits per heavy atom. The van der Waals surface area contributed by atoms with Crippen molar-refractivity contribution in [2.75, 3.05) is 32.7 Å². The Labute approximate surface area is 117 Å². The van der Waals surface area contributed by atoms with Gasteiger partial charge in [0.2, 0.25) is 0 Å². The van der Waals surface area contributed by atoms with Crippen LogP contribution in [0.15, 0.2) is 0 Å². The van der Waals surface area contributed by atoms with Crippen LogP contribution in [-0.4, -0.2) is 45.4 Å². The zero-order valence-corrected chi connectivity index (χ0v) is 12.9. The van der Waals surface area contributed by atoms with Gasteiger partial charge >= 0.3 is 0 Å². The Morgan fingerprint density at radius 1 is 1.32 bits per heavy atom. The second-order valence-electron chi connectivity index (χ2n) is 6.19. The maximum absolute atomic E-state index is 12.3. The maximum atomic E-state index is 12.3. The molecule has 0 radical (unpaired) electrons. The SMILES string of the molecule is CC1CCCN(S(=O)(=O)NCC2CNCCC2C)C1. The second kappa shape index (κ2) is 6.52. The van der Waals surface area contributed by atoms with Crippen molar-refractivity contribution >= 4 is 10.2 Å². The highest BCUT2D eigenvalue weighted by Crippen LogP contribution is 2.20. The molecule has 2 heterocycles. The molecule has 0 bridgehead atoms. The first-order valence-corrected chi connectivity index (χ1v) is 8.88. The van der Waals surface area contributed by atoms with Gasteiger partial charge in [0.05, 0.1) is 0 Å². The molecular formula is C13H27N3O2S. The van der Waals surface area contributed by atoms with Crippen molar-refractivity contribution in [3.63, 3.8) is 0 Å². The standard InChI is InChI=1S/C13H27N3O2S/c1-11-4-3-7-16(10-11)19(17,18)15-9-13-8-14-6-5-12(13)2/h11-15H,3-10H2,1-2H3. The van der Waals surface area contributed by atoms with E-state index in [-0.39, 0.29) is 0 Å². The summed E-state index contributed by atoms with van der Waals surface area (Å²) < 4.78 is 29.0. The molecule has 0 aromatic heterocycles. The molecule has 2 saturated heterocycles. The molecule has 0 aliphatic carbocycles. The van der Waals surface area contributed by atoms with Crippen molar-refractivity contribution < 1.29 is 8.42 Å². The van der Waals surface area contributed by atoms with Gasteiger partial charge in [0.15, 0.2) is 0 Å². The van der Waals surface area contributed by atoms with Crippen LogP contribution in [0, 0.1) is 17.8 Å². The molecule has 19 heavy (non-hydrogen) atoms. The number of nitrogens with one attached hydrogen (secondary N) is 2. The molecule has 3 unspecified atom stereocenters. The molecular weight excluding hydrogens is 262 g/mol. The van der Waals surface area contributed by atoms with Crippen molar-refractivity contribution in [3.8, 4) is 0 Å². The van der Waals surface area contributed by atoms with E-state index >= 15 is 0 Å². The van der Waals surface area contributed by atoms with Gasteiger partial charge in [-0.1, -0.05) is 13.8 Å². The van der Waals surface area contributed by atoms with Crippen LogP contribution >= 0.6 is 0 Å². The van der Waals surface area contributed by atoms with E-state index < -0.39 is 10.2 Å². The zero-order valence-electron chi connectivity index (χ0n) is 12.1. The molecule has 2 aliphatic rings. The number of piperidine rings is 2. The van der Waals surface area contributed by atoms with Crippen LogP contribution in [0.2, 0.25) is 0 Å². The van der Waals surface area contributed by atoms with Gasteiger partial charge in [-0.3, -0.25) is 0 Å². The molecule has 0 amide bonds. The summed E-state index contributed by atoms with van der Waals surface area (Å²) in [6, 6.07) is 0. The summed E-state index contributed by atoms with van der Waals surface area (Å²) in [5.41, 5.74) is 0. The molecule has 2 aliphatic heterocycles. The third-order valence-electron chi connectivity index (χ3n) is 4.48. The highest BCUT2D eigenvalue weighted by atomic mass is 32.2. The van der Waals surface area contributed by atoms with Crippen molar-refractivity contribution in [1.29, 1.82) is 0 Å². The zero-order chi connectivity index (χ0) is 13.9. The molecule has 0 spiro atoms. The topological polar surface area (TPSA) is 61.4 Å². The van der Waals surface area contributed by atoms with Crippen LogP contribution in [-0.2, 0) is 10.2 Å². The van der Waals surface area contributed by atoms with Gasteiger partial charge in [-0.2, -0.15) is 12.7 Å². The fourth-order valence-electron chi connectivity index (χ4n) is 3.00. The van der Waals surface area contributed by atoms with Gasteiger partial charge in [-0.25, -0.2) is 4.72 Å². The summed E-state index contributed by atoms with van der Waals surface area (Å²) in [7, 11) is -3.28. The summed E-state index contributed by atoms with van der Waals surface area (Å²) in [5.74, 6) is 1.47. The smallest absolute Gasteiger partial charge is 0.279 e. The van der Waals surface area contributed by atoms with Crippen LogP contribution in [0.25, 0.3) is 0 Å². The minimum atomic E-state index is -3.28. The van der Waals surface area contributed by atoms with Crippen molar-refractivity contribution in [2.45, 2.75) is 33.1 Å². The first kappa shape index (κ1) is 15.2. The Balaban J connectivity index is 1.86. The van der Waals surface area contributed by atoms with E-state index in [4.69, 9.17) is 0 Å². The maximum Gasteiger partial charge on any atom is 0.279 e. The van der Waals surface area contributed by atoms with E-state index in [9.17, 15) is 8.42 Å². The lowest BCUT2D eigenvalue weighted by Gasteiger charge is -2.33. The molecule has 3 atom stereocenters. The quantitative estimate of drug-likeness (QED) is 0.805. The van der Waals surface area contributed by atoms with E-state index in [1.54, 1.807) is 4.31 Å². The van der Waals surface area contributed by atoms with Gasteiger partial charge in [0, 0.05) is 19.6 Å². The Bertz CT molecular complexity index is 385. The van der Waals surface area contributed by atoms with Crippen LogP contribution < -0.4 is 10.0 Å². The van der Waals surface area contributed by atoms with Gasteiger partial charge in [0.25, 0.3) is 10.2 Å². The number of nitrogens with zero attached hydrogens (tertiary/aromatic N) is 1. The highest BCUT2D eigenvalue weighted by Gasteiger charge is 2.28. The van der Waals surface area contributed by atoms with Gasteiger partial charge in [-0.15, -0.1) is 0 Å². The Hall–Kier alpha value is -0.170. The molecule has 0 aromatic rings. The van der Waals surface area contributed by atoms with Crippen molar-refractivity contribution in [1.82, 2.24) is 14.3 Å². The summed E-state index contributed by atoms with van der Waals surface area (Å²) in [6.45, 7) is 8.18. The third-order valence-corrected chi connectivity index (χ3v) is 6.02. The summed E-state index contributed by atoms with van der Waals surface area (Å²) in [6.07, 6.45) is 3.24. The molecule has 0 saturated carbocycles. The predicted molar refractivity (Wildman–Crippen MR) is 77.0 cm³/mol. The van der Waals surface area contributed by atoms with E-state index in [0.717, 1.165) is 32.4 Å². The number of hydrogen-bond acceptors (Lipinski definition) is 3. The monoisotopic (exact) mass is 289 g/mol. The molecule has 6 heteroatoms. The molecule has 2 N–H and O–H groups in total. The average molecular weight is 289 g/mol. The number of hydrogen-bond donors (Lipinski definition) is 2. The van der Waals surface area contributed by atoms with Gasteiger partial charge < -0.3 is 5.32 Å². The fourth-order valence-corrected chi connectivity index (χ4v) is 4.42. The van der Waals surface area contributed by atoms with E-state index in [0.29, 0.717) is 37.4 Å². The summed E-state index contributed by atoms with van der Waals surface area (Å²) in [4.78, 5) is 0. The molecule has 5 nitrogen and oxygen atoms in total. The number of rotatable bonds is 4. The second-order valence-corrected chi connectivity index (χ2v) is 7.94. The van der Waals surface area contributed by atoms with E-state index in [1.165, 1.54) is 0 Å². The lowest BCUT2D eigenvalue weighted by molar-refractivity contribution is 0.261. The van der Waals surface area contributed by atoms with Crippen LogP contribution in [0.3, 0.4) is 0 Å². The van der Waals surface area contributed by atoms with E-state index in [2.05, 4.69) is 23.9 Å². The first-order chi connectivity index (χ1) is 8.99. The van der Waals surface area contributed by atoms with Crippen LogP contribution in [0.5, 0.6) is 0 Å². The normalized spacial score (nSPS) is 34.3. The van der Waals surface area contributed by atoms with Crippen LogP contribution in [0.1, 0.15) is 33.1 Å². The average Bonchev–Trinajstić information content (AvgIpc) is 2.38. The first-order valence-electron chi connectivity index (χ1n) is 7.44. The minimum Gasteiger partial charge on any atom is -0.316 e. The van der Waals surface area contributed by atoms with Gasteiger partial charge in [0.1, 0.15) is 0 Å². The third kappa shape index (κ3) is 4.15. The molecule has 0 aromatic carbocycles. The highest BCUT2D eigenvalue weighted by molar-refractivity contribution is 7.87. The van der Waals surface area contributed by atoms with Crippen LogP contribution in [0.4, 0.5) is 0 Å². The van der Waals surface area contributed by atoms with E-state index in [1.807, 2.05) is 0 Å². The molecule has 2 fully saturated rings. The summed E-state index contributed by atoms with van der Waals surface area (Å²) in [5, 5.41) is 3.34. The minimum absolute atomic E-state index is 0.408. The lowest BCUT2D eigenvalue weighted by Crippen LogP contribution is -2.49. The van der Waals surface area contributed by atoms with Crippen molar-refractivity contribution in [2.24, 2.45) is 17.8 Å². The van der Waals surface area contributed by atoms with Gasteiger partial charge in [-0.05, 0) is 50.1 Å².